The van der Waals surface area contributed by atoms with Gasteiger partial charge in [-0.15, -0.1) is 0 Å². The summed E-state index contributed by atoms with van der Waals surface area (Å²) < 4.78 is 4.95. The molecule has 0 amide bonds. The molecule has 0 aliphatic heterocycles. The lowest BCUT2D eigenvalue weighted by atomic mass is 10.2. The van der Waals surface area contributed by atoms with Gasteiger partial charge < -0.3 is 9.64 Å². The van der Waals surface area contributed by atoms with E-state index in [9.17, 15) is 4.79 Å². The standard InChI is InChI=1S/C14H18N2O2/c1-3-8-16(11-14(17)18-4-2)13-7-5-6-12(9-13)10-15/h5-7,9H,3-4,8,11H2,1-2H3. The lowest BCUT2D eigenvalue weighted by molar-refractivity contribution is -0.141. The first kappa shape index (κ1) is 14.0. The van der Waals surface area contributed by atoms with Gasteiger partial charge in [0.1, 0.15) is 6.54 Å². The van der Waals surface area contributed by atoms with Crippen molar-refractivity contribution in [3.63, 3.8) is 0 Å². The zero-order valence-electron chi connectivity index (χ0n) is 10.8. The fraction of sp³-hybridized carbons (Fsp3) is 0.429. The third-order valence-corrected chi connectivity index (χ3v) is 2.46. The molecule has 0 bridgehead atoms. The van der Waals surface area contributed by atoms with Gasteiger partial charge in [0.25, 0.3) is 0 Å². The van der Waals surface area contributed by atoms with Gasteiger partial charge in [-0.3, -0.25) is 4.79 Å². The van der Waals surface area contributed by atoms with E-state index in [1.54, 1.807) is 19.1 Å². The van der Waals surface area contributed by atoms with Crippen LogP contribution in [0.25, 0.3) is 0 Å². The lowest BCUT2D eigenvalue weighted by Crippen LogP contribution is -2.31. The predicted molar refractivity (Wildman–Crippen MR) is 70.3 cm³/mol. The van der Waals surface area contributed by atoms with Gasteiger partial charge in [-0.25, -0.2) is 0 Å². The summed E-state index contributed by atoms with van der Waals surface area (Å²) in [5, 5.41) is 8.88. The number of nitriles is 1. The highest BCUT2D eigenvalue weighted by Crippen LogP contribution is 2.16. The average molecular weight is 246 g/mol. The molecule has 4 nitrogen and oxygen atoms in total. The Bertz CT molecular complexity index is 438. The van der Waals surface area contributed by atoms with Crippen LogP contribution in [0.1, 0.15) is 25.8 Å². The highest BCUT2D eigenvalue weighted by atomic mass is 16.5. The van der Waals surface area contributed by atoms with Crippen LogP contribution in [-0.4, -0.2) is 25.7 Å². The largest absolute Gasteiger partial charge is 0.465 e. The van der Waals surface area contributed by atoms with Crippen LogP contribution in [0.15, 0.2) is 24.3 Å². The summed E-state index contributed by atoms with van der Waals surface area (Å²) in [5.74, 6) is -0.242. The summed E-state index contributed by atoms with van der Waals surface area (Å²) >= 11 is 0. The highest BCUT2D eigenvalue weighted by Gasteiger charge is 2.11. The van der Waals surface area contributed by atoms with Crippen LogP contribution in [0.3, 0.4) is 0 Å². The fourth-order valence-electron chi connectivity index (χ4n) is 1.70. The SMILES string of the molecule is CCCN(CC(=O)OCC)c1cccc(C#N)c1. The Labute approximate surface area is 108 Å². The van der Waals surface area contributed by atoms with E-state index >= 15 is 0 Å². The van der Waals surface area contributed by atoms with Crippen molar-refractivity contribution in [2.45, 2.75) is 20.3 Å². The van der Waals surface area contributed by atoms with Crippen molar-refractivity contribution >= 4 is 11.7 Å². The van der Waals surface area contributed by atoms with E-state index in [1.165, 1.54) is 0 Å². The second kappa shape index (κ2) is 7.33. The molecule has 0 N–H and O–H groups in total. The molecule has 0 aliphatic carbocycles. The first-order valence-electron chi connectivity index (χ1n) is 6.12. The zero-order valence-corrected chi connectivity index (χ0v) is 10.8. The van der Waals surface area contributed by atoms with Gasteiger partial charge in [0.2, 0.25) is 0 Å². The maximum Gasteiger partial charge on any atom is 0.325 e. The summed E-state index contributed by atoms with van der Waals surface area (Å²) in [6, 6.07) is 9.35. The second-order valence-corrected chi connectivity index (χ2v) is 3.89. The number of nitrogens with zero attached hydrogens (tertiary/aromatic N) is 2. The van der Waals surface area contributed by atoms with Crippen LogP contribution in [0.2, 0.25) is 0 Å². The third-order valence-electron chi connectivity index (χ3n) is 2.46. The summed E-state index contributed by atoms with van der Waals surface area (Å²) in [5.41, 5.74) is 1.47. The van der Waals surface area contributed by atoms with Crippen LogP contribution in [0, 0.1) is 11.3 Å². The van der Waals surface area contributed by atoms with E-state index < -0.39 is 0 Å². The molecule has 1 aromatic carbocycles. The molecule has 0 atom stereocenters. The number of ether oxygens (including phenoxy) is 1. The number of anilines is 1. The molecular weight excluding hydrogens is 228 g/mol. The van der Waals surface area contributed by atoms with Gasteiger partial charge in [-0.1, -0.05) is 13.0 Å². The van der Waals surface area contributed by atoms with E-state index in [0.29, 0.717) is 12.2 Å². The van der Waals surface area contributed by atoms with Gasteiger partial charge in [0.15, 0.2) is 0 Å². The quantitative estimate of drug-likeness (QED) is 0.723. The molecule has 4 heteroatoms. The zero-order chi connectivity index (χ0) is 13.4. The minimum atomic E-state index is -0.242. The van der Waals surface area contributed by atoms with Crippen LogP contribution in [0.5, 0.6) is 0 Å². The summed E-state index contributed by atoms with van der Waals surface area (Å²) in [6.45, 7) is 5.20. The Morgan fingerprint density at radius 3 is 2.83 bits per heavy atom. The van der Waals surface area contributed by atoms with Gasteiger partial charge in [0.05, 0.1) is 18.2 Å². The summed E-state index contributed by atoms with van der Waals surface area (Å²) in [7, 11) is 0. The molecule has 0 fully saturated rings. The van der Waals surface area contributed by atoms with Gasteiger partial charge >= 0.3 is 5.97 Å². The Morgan fingerprint density at radius 2 is 2.22 bits per heavy atom. The Hall–Kier alpha value is -2.02. The predicted octanol–water partition coefficient (Wildman–Crippen LogP) is 2.34. The summed E-state index contributed by atoms with van der Waals surface area (Å²) in [6.07, 6.45) is 0.927. The van der Waals surface area contributed by atoms with Crippen molar-refractivity contribution in [3.05, 3.63) is 29.8 Å². The fourth-order valence-corrected chi connectivity index (χ4v) is 1.70. The molecule has 18 heavy (non-hydrogen) atoms. The highest BCUT2D eigenvalue weighted by molar-refractivity contribution is 5.76. The minimum absolute atomic E-state index is 0.219. The van der Waals surface area contributed by atoms with Gasteiger partial charge in [-0.05, 0) is 31.5 Å². The van der Waals surface area contributed by atoms with Gasteiger partial charge in [-0.2, -0.15) is 5.26 Å². The van der Waals surface area contributed by atoms with Crippen molar-refractivity contribution in [2.24, 2.45) is 0 Å². The van der Waals surface area contributed by atoms with E-state index in [4.69, 9.17) is 10.00 Å². The van der Waals surface area contributed by atoms with Crippen LogP contribution in [-0.2, 0) is 9.53 Å². The normalized spacial score (nSPS) is 9.61. The molecule has 0 aromatic heterocycles. The Balaban J connectivity index is 2.83. The molecule has 1 rings (SSSR count). The number of rotatable bonds is 6. The molecule has 0 radical (unpaired) electrons. The van der Waals surface area contributed by atoms with Crippen molar-refractivity contribution in [1.82, 2.24) is 0 Å². The number of esters is 1. The molecule has 0 unspecified atom stereocenters. The van der Waals surface area contributed by atoms with Crippen LogP contribution < -0.4 is 4.90 Å². The van der Waals surface area contributed by atoms with Crippen molar-refractivity contribution < 1.29 is 9.53 Å². The lowest BCUT2D eigenvalue weighted by Gasteiger charge is -2.23. The summed E-state index contributed by atoms with van der Waals surface area (Å²) in [4.78, 5) is 13.5. The topological polar surface area (TPSA) is 53.3 Å². The van der Waals surface area contributed by atoms with E-state index in [0.717, 1.165) is 18.7 Å². The van der Waals surface area contributed by atoms with E-state index in [-0.39, 0.29) is 12.5 Å². The van der Waals surface area contributed by atoms with Crippen LogP contribution in [0.4, 0.5) is 5.69 Å². The maximum atomic E-state index is 11.5. The van der Waals surface area contributed by atoms with Gasteiger partial charge in [0, 0.05) is 12.2 Å². The van der Waals surface area contributed by atoms with Crippen molar-refractivity contribution in [1.29, 1.82) is 5.26 Å². The second-order valence-electron chi connectivity index (χ2n) is 3.89. The average Bonchev–Trinajstić information content (AvgIpc) is 2.38. The molecule has 0 heterocycles. The third kappa shape index (κ3) is 4.10. The molecule has 0 aliphatic rings. The molecule has 1 aromatic rings. The monoisotopic (exact) mass is 246 g/mol. The first-order chi connectivity index (χ1) is 8.71. The minimum Gasteiger partial charge on any atom is -0.465 e. The van der Waals surface area contributed by atoms with E-state index in [2.05, 4.69) is 6.07 Å². The van der Waals surface area contributed by atoms with Crippen LogP contribution >= 0.6 is 0 Å². The maximum absolute atomic E-state index is 11.5. The van der Waals surface area contributed by atoms with Crippen molar-refractivity contribution in [2.75, 3.05) is 24.6 Å². The first-order valence-corrected chi connectivity index (χ1v) is 6.12. The molecule has 0 saturated carbocycles. The Kier molecular flexibility index (Phi) is 5.72. The number of benzene rings is 1. The molecular formula is C14H18N2O2. The molecule has 0 saturated heterocycles. The number of hydrogen-bond acceptors (Lipinski definition) is 4. The van der Waals surface area contributed by atoms with E-state index in [1.807, 2.05) is 24.0 Å². The van der Waals surface area contributed by atoms with Crippen molar-refractivity contribution in [3.8, 4) is 6.07 Å². The number of carbonyl (C=O) groups excluding carboxylic acids is 1. The molecule has 0 spiro atoms. The molecule has 96 valence electrons. The smallest absolute Gasteiger partial charge is 0.325 e. The number of hydrogen-bond donors (Lipinski definition) is 0. The Morgan fingerprint density at radius 1 is 1.44 bits per heavy atom. The number of carbonyl (C=O) groups is 1.